The predicted octanol–water partition coefficient (Wildman–Crippen LogP) is 3.87. The van der Waals surface area contributed by atoms with Crippen molar-refractivity contribution < 1.29 is 0 Å². The van der Waals surface area contributed by atoms with E-state index in [1.54, 1.807) is 4.80 Å². The summed E-state index contributed by atoms with van der Waals surface area (Å²) in [5.74, 6) is 0. The average Bonchev–Trinajstić information content (AvgIpc) is 2.88. The minimum absolute atomic E-state index is 0.990. The van der Waals surface area contributed by atoms with Gasteiger partial charge in [0.2, 0.25) is 0 Å². The summed E-state index contributed by atoms with van der Waals surface area (Å²) in [4.78, 5) is 1.66. The van der Waals surface area contributed by atoms with Crippen molar-refractivity contribution in [3.63, 3.8) is 0 Å². The first-order valence-corrected chi connectivity index (χ1v) is 6.69. The molecule has 20 heavy (non-hydrogen) atoms. The first-order chi connectivity index (χ1) is 9.83. The maximum absolute atomic E-state index is 4.57. The Bertz CT molecular complexity index is 1020. The fraction of sp³-hybridized carbons (Fsp3) is 0.0588. The van der Waals surface area contributed by atoms with Gasteiger partial charge in [0.25, 0.3) is 0 Å². The van der Waals surface area contributed by atoms with Crippen molar-refractivity contribution in [2.24, 2.45) is 7.05 Å². The molecule has 0 unspecified atom stereocenters. The number of fused-ring (bicyclic) bond motifs is 3. The third-order valence-electron chi connectivity index (χ3n) is 4.11. The summed E-state index contributed by atoms with van der Waals surface area (Å²) in [7, 11) is 1.88. The molecule has 1 aromatic heterocycles. The average molecular weight is 257 g/mol. The third kappa shape index (κ3) is 1.06. The Labute approximate surface area is 114 Å². The van der Waals surface area contributed by atoms with Gasteiger partial charge in [0, 0.05) is 17.8 Å². The minimum Gasteiger partial charge on any atom is -0.187 e. The standard InChI is InChI=1S/C17H11N3/c1-20-18-16-12-6-2-4-10-8-9-11-5-3-7-13(17(16)19-20)15(11)14(10)12/h2-9H,1H3. The summed E-state index contributed by atoms with van der Waals surface area (Å²) in [6, 6.07) is 17.2. The summed E-state index contributed by atoms with van der Waals surface area (Å²) in [6.07, 6.45) is 0. The van der Waals surface area contributed by atoms with Crippen LogP contribution in [0.15, 0.2) is 48.5 Å². The lowest BCUT2D eigenvalue weighted by Gasteiger charge is -2.10. The van der Waals surface area contributed by atoms with E-state index in [4.69, 9.17) is 0 Å². The monoisotopic (exact) mass is 257 g/mol. The van der Waals surface area contributed by atoms with Gasteiger partial charge >= 0.3 is 0 Å². The largest absolute Gasteiger partial charge is 0.187 e. The molecule has 3 heteroatoms. The Morgan fingerprint density at radius 1 is 0.700 bits per heavy atom. The fourth-order valence-corrected chi connectivity index (χ4v) is 3.32. The molecule has 3 nitrogen and oxygen atoms in total. The van der Waals surface area contributed by atoms with Gasteiger partial charge in [0.15, 0.2) is 0 Å². The lowest BCUT2D eigenvalue weighted by atomic mass is 9.93. The van der Waals surface area contributed by atoms with E-state index in [0.29, 0.717) is 0 Å². The third-order valence-corrected chi connectivity index (χ3v) is 4.11. The number of nitrogens with zero attached hydrogens (tertiary/aromatic N) is 3. The van der Waals surface area contributed by atoms with Crippen LogP contribution in [0, 0.1) is 0 Å². The van der Waals surface area contributed by atoms with E-state index in [-0.39, 0.29) is 0 Å². The van der Waals surface area contributed by atoms with E-state index >= 15 is 0 Å². The molecule has 0 amide bonds. The molecule has 1 heterocycles. The second kappa shape index (κ2) is 3.25. The highest BCUT2D eigenvalue weighted by Gasteiger charge is 2.15. The highest BCUT2D eigenvalue weighted by atomic mass is 15.4. The first-order valence-electron chi connectivity index (χ1n) is 6.69. The van der Waals surface area contributed by atoms with E-state index in [1.807, 2.05) is 7.05 Å². The van der Waals surface area contributed by atoms with Crippen molar-refractivity contribution in [2.75, 3.05) is 0 Å². The maximum Gasteiger partial charge on any atom is 0.121 e. The number of benzene rings is 4. The summed E-state index contributed by atoms with van der Waals surface area (Å²) in [5.41, 5.74) is 1.98. The molecule has 0 N–H and O–H groups in total. The molecule has 0 atom stereocenters. The second-order valence-corrected chi connectivity index (χ2v) is 5.26. The highest BCUT2D eigenvalue weighted by molar-refractivity contribution is 6.32. The lowest BCUT2D eigenvalue weighted by molar-refractivity contribution is 0.666. The van der Waals surface area contributed by atoms with Crippen molar-refractivity contribution in [2.45, 2.75) is 0 Å². The van der Waals surface area contributed by atoms with Crippen LogP contribution in [-0.4, -0.2) is 15.0 Å². The van der Waals surface area contributed by atoms with E-state index in [2.05, 4.69) is 58.7 Å². The summed E-state index contributed by atoms with van der Waals surface area (Å²) < 4.78 is 0. The van der Waals surface area contributed by atoms with Crippen LogP contribution >= 0.6 is 0 Å². The zero-order valence-electron chi connectivity index (χ0n) is 11.0. The molecule has 0 saturated carbocycles. The van der Waals surface area contributed by atoms with Crippen LogP contribution in [-0.2, 0) is 7.05 Å². The van der Waals surface area contributed by atoms with Gasteiger partial charge in [-0.15, -0.1) is 0 Å². The van der Waals surface area contributed by atoms with Crippen molar-refractivity contribution in [3.8, 4) is 0 Å². The SMILES string of the molecule is Cn1nc2c3cccc4ccc5cccc(c2n1)c5c43. The van der Waals surface area contributed by atoms with E-state index in [9.17, 15) is 0 Å². The molecule has 94 valence electrons. The molecular formula is C17H11N3. The summed E-state index contributed by atoms with van der Waals surface area (Å²) in [6.45, 7) is 0. The summed E-state index contributed by atoms with van der Waals surface area (Å²) >= 11 is 0. The lowest BCUT2D eigenvalue weighted by Crippen LogP contribution is -1.90. The van der Waals surface area contributed by atoms with E-state index in [1.165, 1.54) is 32.3 Å². The van der Waals surface area contributed by atoms with E-state index < -0.39 is 0 Å². The molecule has 0 spiro atoms. The van der Waals surface area contributed by atoms with Crippen molar-refractivity contribution in [1.82, 2.24) is 15.0 Å². The topological polar surface area (TPSA) is 30.7 Å². The second-order valence-electron chi connectivity index (χ2n) is 5.26. The van der Waals surface area contributed by atoms with Gasteiger partial charge in [-0.3, -0.25) is 0 Å². The van der Waals surface area contributed by atoms with Crippen LogP contribution in [0.3, 0.4) is 0 Å². The van der Waals surface area contributed by atoms with E-state index in [0.717, 1.165) is 11.0 Å². The molecule has 0 bridgehead atoms. The molecule has 0 saturated heterocycles. The van der Waals surface area contributed by atoms with Crippen molar-refractivity contribution in [1.29, 1.82) is 0 Å². The Kier molecular flexibility index (Phi) is 1.65. The normalized spacial score (nSPS) is 12.2. The van der Waals surface area contributed by atoms with Crippen LogP contribution in [0.2, 0.25) is 0 Å². The molecule has 5 rings (SSSR count). The van der Waals surface area contributed by atoms with Crippen LogP contribution < -0.4 is 0 Å². The number of hydrogen-bond donors (Lipinski definition) is 0. The molecule has 0 radical (unpaired) electrons. The summed E-state index contributed by atoms with van der Waals surface area (Å²) in [5, 5.41) is 16.6. The zero-order valence-corrected chi connectivity index (χ0v) is 11.0. The molecule has 0 aliphatic heterocycles. The predicted molar refractivity (Wildman–Crippen MR) is 82.2 cm³/mol. The van der Waals surface area contributed by atoms with Crippen LogP contribution in [0.5, 0.6) is 0 Å². The quantitative estimate of drug-likeness (QED) is 0.394. The van der Waals surface area contributed by atoms with Crippen LogP contribution in [0.1, 0.15) is 0 Å². The number of hydrogen-bond acceptors (Lipinski definition) is 2. The molecule has 0 fully saturated rings. The maximum atomic E-state index is 4.57. The van der Waals surface area contributed by atoms with Crippen molar-refractivity contribution in [3.05, 3.63) is 48.5 Å². The van der Waals surface area contributed by atoms with Crippen molar-refractivity contribution >= 4 is 43.4 Å². The van der Waals surface area contributed by atoms with Gasteiger partial charge < -0.3 is 0 Å². The van der Waals surface area contributed by atoms with Gasteiger partial charge in [-0.2, -0.15) is 15.0 Å². The highest BCUT2D eigenvalue weighted by Crippen LogP contribution is 2.38. The van der Waals surface area contributed by atoms with Gasteiger partial charge in [-0.1, -0.05) is 48.5 Å². The van der Waals surface area contributed by atoms with Gasteiger partial charge in [-0.25, -0.2) is 0 Å². The van der Waals surface area contributed by atoms with Gasteiger partial charge in [0.05, 0.1) is 0 Å². The number of aryl methyl sites for hydroxylation is 1. The number of aromatic nitrogens is 3. The Morgan fingerprint density at radius 2 is 1.20 bits per heavy atom. The molecule has 4 aromatic carbocycles. The smallest absolute Gasteiger partial charge is 0.121 e. The Balaban J connectivity index is 2.32. The zero-order chi connectivity index (χ0) is 13.3. The molecular weight excluding hydrogens is 246 g/mol. The molecule has 0 aliphatic carbocycles. The van der Waals surface area contributed by atoms with Crippen LogP contribution in [0.4, 0.5) is 0 Å². The minimum atomic E-state index is 0.990. The van der Waals surface area contributed by atoms with Gasteiger partial charge in [-0.05, 0) is 21.5 Å². The van der Waals surface area contributed by atoms with Crippen LogP contribution in [0.25, 0.3) is 43.4 Å². The Morgan fingerprint density at radius 3 is 1.70 bits per heavy atom. The number of rotatable bonds is 0. The first kappa shape index (κ1) is 10.1. The molecule has 0 aliphatic rings. The molecule has 5 aromatic rings. The fourth-order valence-electron chi connectivity index (χ4n) is 3.32. The Hall–Kier alpha value is -2.68. The van der Waals surface area contributed by atoms with Gasteiger partial charge in [0.1, 0.15) is 11.0 Å².